The van der Waals surface area contributed by atoms with Gasteiger partial charge in [-0.05, 0) is 47.6 Å². The largest absolute Gasteiger partial charge is 0.492 e. The summed E-state index contributed by atoms with van der Waals surface area (Å²) in [7, 11) is -1.99. The Morgan fingerprint density at radius 1 is 1.00 bits per heavy atom. The first-order valence-electron chi connectivity index (χ1n) is 10.5. The van der Waals surface area contributed by atoms with Crippen LogP contribution in [0.1, 0.15) is 29.5 Å². The zero-order valence-corrected chi connectivity index (χ0v) is 19.3. The van der Waals surface area contributed by atoms with E-state index in [-0.39, 0.29) is 0 Å². The lowest BCUT2D eigenvalue weighted by molar-refractivity contribution is 0.185. The lowest BCUT2D eigenvalue weighted by Crippen LogP contribution is -2.36. The molecule has 5 nitrogen and oxygen atoms in total. The monoisotopic (exact) mass is 446 g/mol. The minimum Gasteiger partial charge on any atom is -0.492 e. The fourth-order valence-corrected chi connectivity index (χ4v) is 5.76. The molecular formula is C23H30N2O3S2. The highest BCUT2D eigenvalue weighted by Crippen LogP contribution is 2.28. The quantitative estimate of drug-likeness (QED) is 0.655. The molecule has 2 heterocycles. The number of nitrogens with zero attached hydrogens (tertiary/aromatic N) is 2. The summed E-state index contributed by atoms with van der Waals surface area (Å²) >= 11 is 0. The molecule has 0 aromatic heterocycles. The van der Waals surface area contributed by atoms with Crippen LogP contribution in [0.25, 0.3) is 0 Å². The molecule has 7 heteroatoms. The third-order valence-electron chi connectivity index (χ3n) is 6.04. The Balaban J connectivity index is 1.37. The van der Waals surface area contributed by atoms with E-state index >= 15 is 0 Å². The summed E-state index contributed by atoms with van der Waals surface area (Å²) in [6, 6.07) is 14.7. The summed E-state index contributed by atoms with van der Waals surface area (Å²) in [6.45, 7) is 5.07. The molecule has 2 aromatic rings. The van der Waals surface area contributed by atoms with E-state index < -0.39 is 21.8 Å². The Labute approximate surface area is 184 Å². The molecule has 30 heavy (non-hydrogen) atoms. The zero-order chi connectivity index (χ0) is 21.1. The summed E-state index contributed by atoms with van der Waals surface area (Å²) in [5, 5.41) is 0. The minimum atomic E-state index is -1.10. The average molecular weight is 447 g/mol. The van der Waals surface area contributed by atoms with E-state index in [2.05, 4.69) is 35.2 Å². The van der Waals surface area contributed by atoms with Gasteiger partial charge in [0, 0.05) is 45.2 Å². The summed E-state index contributed by atoms with van der Waals surface area (Å²) in [5.74, 6) is 1.18. The van der Waals surface area contributed by atoms with E-state index in [0.29, 0.717) is 12.5 Å². The Kier molecular flexibility index (Phi) is 7.03. The van der Waals surface area contributed by atoms with Gasteiger partial charge in [0.2, 0.25) is 0 Å². The van der Waals surface area contributed by atoms with Crippen LogP contribution in [0.4, 0.5) is 0 Å². The molecular weight excluding hydrogens is 416 g/mol. The second-order valence-electron chi connectivity index (χ2n) is 8.26. The summed E-state index contributed by atoms with van der Waals surface area (Å²) in [6.07, 6.45) is 5.42. The van der Waals surface area contributed by atoms with Crippen LogP contribution < -0.4 is 4.74 Å². The summed E-state index contributed by atoms with van der Waals surface area (Å²) < 4.78 is 32.1. The van der Waals surface area contributed by atoms with Crippen molar-refractivity contribution >= 4 is 21.8 Å². The van der Waals surface area contributed by atoms with Gasteiger partial charge in [0.25, 0.3) is 0 Å². The average Bonchev–Trinajstić information content (AvgIpc) is 3.15. The second-order valence-corrected chi connectivity index (χ2v) is 11.0. The van der Waals surface area contributed by atoms with Crippen LogP contribution in [0.2, 0.25) is 0 Å². The first kappa shape index (κ1) is 21.7. The number of piperidine rings is 1. The highest BCUT2D eigenvalue weighted by atomic mass is 32.2. The highest BCUT2D eigenvalue weighted by Gasteiger charge is 2.23. The molecule has 4 rings (SSSR count). The van der Waals surface area contributed by atoms with Crippen molar-refractivity contribution < 1.29 is 13.2 Å². The van der Waals surface area contributed by atoms with E-state index in [1.807, 2.05) is 16.4 Å². The second kappa shape index (κ2) is 9.73. The third-order valence-corrected chi connectivity index (χ3v) is 8.07. The molecule has 2 aromatic carbocycles. The number of hydrogen-bond acceptors (Lipinski definition) is 4. The fraction of sp³-hybridized carbons (Fsp3) is 0.478. The van der Waals surface area contributed by atoms with Crippen molar-refractivity contribution in [2.24, 2.45) is 5.92 Å². The standard InChI is InChI=1S/C23H30N2O3S2/c1-29(26)23-13-19(14-24-15-20-5-3-4-6-21(20)16-24)7-8-22(23)28-17-18-9-11-25(12-10-18)30(2)27/h3-8,13,18H,9-12,14-17H2,1-2H3. The van der Waals surface area contributed by atoms with Crippen LogP contribution >= 0.6 is 0 Å². The molecule has 2 aliphatic rings. The zero-order valence-electron chi connectivity index (χ0n) is 17.7. The number of ether oxygens (including phenoxy) is 1. The van der Waals surface area contributed by atoms with E-state index in [1.165, 1.54) is 16.7 Å². The highest BCUT2D eigenvalue weighted by molar-refractivity contribution is 7.84. The molecule has 2 aliphatic heterocycles. The Morgan fingerprint density at radius 3 is 2.27 bits per heavy atom. The lowest BCUT2D eigenvalue weighted by Gasteiger charge is -2.29. The van der Waals surface area contributed by atoms with Crippen LogP contribution in [0.5, 0.6) is 5.75 Å². The van der Waals surface area contributed by atoms with Gasteiger partial charge in [-0.3, -0.25) is 9.11 Å². The van der Waals surface area contributed by atoms with Gasteiger partial charge in [-0.25, -0.2) is 8.51 Å². The number of fused-ring (bicyclic) bond motifs is 1. The van der Waals surface area contributed by atoms with Gasteiger partial charge >= 0.3 is 0 Å². The van der Waals surface area contributed by atoms with Crippen molar-refractivity contribution in [3.05, 3.63) is 59.2 Å². The molecule has 0 spiro atoms. The van der Waals surface area contributed by atoms with Gasteiger partial charge in [-0.2, -0.15) is 0 Å². The number of hydrogen-bond donors (Lipinski definition) is 0. The third kappa shape index (κ3) is 5.19. The van der Waals surface area contributed by atoms with Crippen molar-refractivity contribution in [1.29, 1.82) is 0 Å². The first-order valence-corrected chi connectivity index (χ1v) is 13.5. The normalized spacial score (nSPS) is 20.1. The van der Waals surface area contributed by atoms with Gasteiger partial charge in [0.1, 0.15) is 5.75 Å². The SMILES string of the molecule is CS(=O)c1cc(CN2Cc3ccccc3C2)ccc1OCC1CCN(S(C)=O)CC1. The van der Waals surface area contributed by atoms with Crippen molar-refractivity contribution in [2.75, 3.05) is 32.2 Å². The molecule has 0 bridgehead atoms. The molecule has 1 saturated heterocycles. The molecule has 2 unspecified atom stereocenters. The predicted octanol–water partition coefficient (Wildman–Crippen LogP) is 3.32. The number of benzene rings is 2. The van der Waals surface area contributed by atoms with Crippen LogP contribution in [-0.2, 0) is 41.4 Å². The fourth-order valence-electron chi connectivity index (χ4n) is 4.31. The molecule has 162 valence electrons. The van der Waals surface area contributed by atoms with Crippen molar-refractivity contribution in [3.8, 4) is 5.75 Å². The van der Waals surface area contributed by atoms with E-state index in [0.717, 1.165) is 56.2 Å². The summed E-state index contributed by atoms with van der Waals surface area (Å²) in [4.78, 5) is 3.19. The Bertz CT molecular complexity index is 917. The Hall–Kier alpha value is -1.54. The van der Waals surface area contributed by atoms with Gasteiger partial charge < -0.3 is 4.74 Å². The van der Waals surface area contributed by atoms with Gasteiger partial charge in [-0.15, -0.1) is 0 Å². The number of rotatable bonds is 7. The molecule has 1 fully saturated rings. The molecule has 0 amide bonds. The molecule has 0 radical (unpaired) electrons. The van der Waals surface area contributed by atoms with Crippen LogP contribution in [0.15, 0.2) is 47.4 Å². The molecule has 0 saturated carbocycles. The van der Waals surface area contributed by atoms with Crippen molar-refractivity contribution in [2.45, 2.75) is 37.4 Å². The van der Waals surface area contributed by atoms with E-state index in [4.69, 9.17) is 4.74 Å². The van der Waals surface area contributed by atoms with Crippen molar-refractivity contribution in [1.82, 2.24) is 9.21 Å². The predicted molar refractivity (Wildman–Crippen MR) is 122 cm³/mol. The molecule has 0 aliphatic carbocycles. The van der Waals surface area contributed by atoms with Gasteiger partial charge in [0.15, 0.2) is 0 Å². The lowest BCUT2D eigenvalue weighted by atomic mass is 9.99. The van der Waals surface area contributed by atoms with E-state index in [9.17, 15) is 8.42 Å². The maximum Gasteiger partial charge on any atom is 0.135 e. The van der Waals surface area contributed by atoms with Crippen molar-refractivity contribution in [3.63, 3.8) is 0 Å². The topological polar surface area (TPSA) is 49.9 Å². The smallest absolute Gasteiger partial charge is 0.135 e. The molecule has 2 atom stereocenters. The first-order chi connectivity index (χ1) is 14.5. The maximum absolute atomic E-state index is 12.4. The molecule has 0 N–H and O–H groups in total. The van der Waals surface area contributed by atoms with Crippen LogP contribution in [-0.4, -0.2) is 49.8 Å². The van der Waals surface area contributed by atoms with Gasteiger partial charge in [-0.1, -0.05) is 30.3 Å². The maximum atomic E-state index is 12.4. The van der Waals surface area contributed by atoms with Gasteiger partial charge in [0.05, 0.1) is 33.3 Å². The minimum absolute atomic E-state index is 0.450. The van der Waals surface area contributed by atoms with Crippen LogP contribution in [0, 0.1) is 5.92 Å². The van der Waals surface area contributed by atoms with Crippen LogP contribution in [0.3, 0.4) is 0 Å². The summed E-state index contributed by atoms with van der Waals surface area (Å²) in [5.41, 5.74) is 3.96. The Morgan fingerprint density at radius 2 is 1.67 bits per heavy atom. The van der Waals surface area contributed by atoms with E-state index in [1.54, 1.807) is 12.5 Å².